The van der Waals surface area contributed by atoms with Crippen LogP contribution in [0.2, 0.25) is 0 Å². The fourth-order valence-corrected chi connectivity index (χ4v) is 4.08. The molecule has 1 unspecified atom stereocenters. The number of aliphatic hydroxyl groups excluding tert-OH is 1. The number of fused-ring (bicyclic) bond motifs is 1. The number of morpholine rings is 1. The Hall–Kier alpha value is -1.15. The minimum absolute atomic E-state index is 0.169. The zero-order valence-corrected chi connectivity index (χ0v) is 11.9. The highest BCUT2D eigenvalue weighted by atomic mass is 32.2. The van der Waals surface area contributed by atoms with Gasteiger partial charge < -0.3 is 15.2 Å². The molecule has 0 aliphatic carbocycles. The largest absolute Gasteiger partial charge is 0.394 e. The normalized spacial score (nSPS) is 23.4. The minimum Gasteiger partial charge on any atom is -0.394 e. The Morgan fingerprint density at radius 1 is 1.45 bits per heavy atom. The van der Waals surface area contributed by atoms with Crippen LogP contribution in [0.15, 0.2) is 23.1 Å². The third-order valence-electron chi connectivity index (χ3n) is 3.73. The summed E-state index contributed by atoms with van der Waals surface area (Å²) in [7, 11) is -3.52. The van der Waals surface area contributed by atoms with E-state index in [1.807, 2.05) is 6.07 Å². The lowest BCUT2D eigenvalue weighted by Crippen LogP contribution is -2.46. The number of ether oxygens (including phenoxy) is 1. The minimum atomic E-state index is -3.52. The molecule has 7 heteroatoms. The molecule has 20 heavy (non-hydrogen) atoms. The monoisotopic (exact) mass is 298 g/mol. The molecule has 0 saturated carbocycles. The van der Waals surface area contributed by atoms with E-state index in [0.29, 0.717) is 18.0 Å². The Balaban J connectivity index is 1.87. The van der Waals surface area contributed by atoms with Crippen molar-refractivity contribution < 1.29 is 18.3 Å². The lowest BCUT2D eigenvalue weighted by molar-refractivity contribution is -0.0304. The number of sulfonamides is 1. The van der Waals surface area contributed by atoms with Crippen LogP contribution in [0.5, 0.6) is 0 Å². The number of benzene rings is 1. The van der Waals surface area contributed by atoms with E-state index in [0.717, 1.165) is 24.2 Å². The highest BCUT2D eigenvalue weighted by Crippen LogP contribution is 2.27. The van der Waals surface area contributed by atoms with Crippen molar-refractivity contribution in [3.05, 3.63) is 23.8 Å². The number of nitrogens with one attached hydrogen (secondary N) is 1. The molecular formula is C13H18N2O4S. The third-order valence-corrected chi connectivity index (χ3v) is 5.60. The SMILES string of the molecule is O=S(=O)(c1ccc2c(c1)NCC2)N1CCOC(CO)C1. The molecule has 1 aromatic rings. The lowest BCUT2D eigenvalue weighted by atomic mass is 10.2. The summed E-state index contributed by atoms with van der Waals surface area (Å²) in [5, 5.41) is 12.3. The molecule has 0 spiro atoms. The molecule has 0 amide bonds. The van der Waals surface area contributed by atoms with Crippen molar-refractivity contribution in [1.29, 1.82) is 0 Å². The second-order valence-electron chi connectivity index (χ2n) is 5.03. The van der Waals surface area contributed by atoms with Crippen molar-refractivity contribution >= 4 is 15.7 Å². The molecule has 2 N–H and O–H groups in total. The average molecular weight is 298 g/mol. The van der Waals surface area contributed by atoms with Crippen molar-refractivity contribution in [3.8, 4) is 0 Å². The number of hydrogen-bond acceptors (Lipinski definition) is 5. The molecule has 6 nitrogen and oxygen atoms in total. The van der Waals surface area contributed by atoms with Gasteiger partial charge in [0.2, 0.25) is 10.0 Å². The van der Waals surface area contributed by atoms with Gasteiger partial charge in [-0.15, -0.1) is 0 Å². The van der Waals surface area contributed by atoms with Crippen LogP contribution >= 0.6 is 0 Å². The van der Waals surface area contributed by atoms with Gasteiger partial charge in [-0.2, -0.15) is 4.31 Å². The molecule has 0 radical (unpaired) electrons. The molecule has 1 saturated heterocycles. The van der Waals surface area contributed by atoms with E-state index >= 15 is 0 Å². The molecule has 1 aromatic carbocycles. The van der Waals surface area contributed by atoms with Crippen molar-refractivity contribution in [3.63, 3.8) is 0 Å². The van der Waals surface area contributed by atoms with Gasteiger partial charge >= 0.3 is 0 Å². The van der Waals surface area contributed by atoms with Gasteiger partial charge in [0, 0.05) is 25.3 Å². The van der Waals surface area contributed by atoms with Crippen LogP contribution in [0.25, 0.3) is 0 Å². The van der Waals surface area contributed by atoms with Crippen LogP contribution in [-0.2, 0) is 21.2 Å². The van der Waals surface area contributed by atoms with E-state index in [9.17, 15) is 8.42 Å². The van der Waals surface area contributed by atoms with E-state index in [-0.39, 0.29) is 13.2 Å². The predicted octanol–water partition coefficient (Wildman–Crippen LogP) is 0.0364. The second kappa shape index (κ2) is 5.33. The summed E-state index contributed by atoms with van der Waals surface area (Å²) >= 11 is 0. The van der Waals surface area contributed by atoms with Crippen LogP contribution in [0.1, 0.15) is 5.56 Å². The number of anilines is 1. The average Bonchev–Trinajstić information content (AvgIpc) is 2.94. The summed E-state index contributed by atoms with van der Waals surface area (Å²) in [5.74, 6) is 0. The van der Waals surface area contributed by atoms with Crippen LogP contribution in [0.3, 0.4) is 0 Å². The Morgan fingerprint density at radius 3 is 3.10 bits per heavy atom. The summed E-state index contributed by atoms with van der Waals surface area (Å²) in [6, 6.07) is 5.22. The third kappa shape index (κ3) is 2.42. The van der Waals surface area contributed by atoms with Gasteiger partial charge in [0.1, 0.15) is 0 Å². The number of hydrogen-bond donors (Lipinski definition) is 2. The van der Waals surface area contributed by atoms with Crippen LogP contribution in [0, 0.1) is 0 Å². The van der Waals surface area contributed by atoms with Gasteiger partial charge in [0.05, 0.1) is 24.2 Å². The summed E-state index contributed by atoms with van der Waals surface area (Å²) in [4.78, 5) is 0.296. The Kier molecular flexibility index (Phi) is 3.68. The first kappa shape index (κ1) is 13.8. The highest BCUT2D eigenvalue weighted by Gasteiger charge is 2.31. The molecule has 2 heterocycles. The fourth-order valence-electron chi connectivity index (χ4n) is 2.60. The standard InChI is InChI=1S/C13H18N2O4S/c16-9-11-8-15(5-6-19-11)20(17,18)12-2-1-10-3-4-14-13(10)7-12/h1-2,7,11,14,16H,3-6,8-9H2. The van der Waals surface area contributed by atoms with Crippen molar-refractivity contribution in [2.45, 2.75) is 17.4 Å². The van der Waals surface area contributed by atoms with E-state index in [1.54, 1.807) is 12.1 Å². The summed E-state index contributed by atoms with van der Waals surface area (Å²) in [6.07, 6.45) is 0.492. The molecule has 2 aliphatic heterocycles. The topological polar surface area (TPSA) is 78.9 Å². The van der Waals surface area contributed by atoms with Crippen molar-refractivity contribution in [2.24, 2.45) is 0 Å². The van der Waals surface area contributed by atoms with Gasteiger partial charge in [-0.3, -0.25) is 0 Å². The maximum atomic E-state index is 12.6. The molecule has 0 aromatic heterocycles. The molecular weight excluding hydrogens is 280 g/mol. The molecule has 1 fully saturated rings. The molecule has 110 valence electrons. The van der Waals surface area contributed by atoms with E-state index < -0.39 is 16.1 Å². The first-order chi connectivity index (χ1) is 9.61. The van der Waals surface area contributed by atoms with E-state index in [1.165, 1.54) is 4.31 Å². The van der Waals surface area contributed by atoms with Crippen LogP contribution < -0.4 is 5.32 Å². The number of nitrogens with zero attached hydrogens (tertiary/aromatic N) is 1. The summed E-state index contributed by atoms with van der Waals surface area (Å²) < 4.78 is 31.9. The van der Waals surface area contributed by atoms with E-state index in [2.05, 4.69) is 5.32 Å². The van der Waals surface area contributed by atoms with Crippen LogP contribution in [-0.4, -0.2) is 56.8 Å². The zero-order valence-electron chi connectivity index (χ0n) is 11.1. The number of rotatable bonds is 3. The number of aliphatic hydroxyl groups is 1. The first-order valence-corrected chi connectivity index (χ1v) is 8.14. The van der Waals surface area contributed by atoms with Crippen molar-refractivity contribution in [2.75, 3.05) is 38.2 Å². The Bertz CT molecular complexity index is 602. The first-order valence-electron chi connectivity index (χ1n) is 6.70. The van der Waals surface area contributed by atoms with Gasteiger partial charge in [0.15, 0.2) is 0 Å². The van der Waals surface area contributed by atoms with E-state index in [4.69, 9.17) is 9.84 Å². The Morgan fingerprint density at radius 2 is 2.30 bits per heavy atom. The predicted molar refractivity (Wildman–Crippen MR) is 74.2 cm³/mol. The van der Waals surface area contributed by atoms with Crippen LogP contribution in [0.4, 0.5) is 5.69 Å². The fraction of sp³-hybridized carbons (Fsp3) is 0.538. The van der Waals surface area contributed by atoms with Gasteiger partial charge in [0.25, 0.3) is 0 Å². The molecule has 1 atom stereocenters. The maximum Gasteiger partial charge on any atom is 0.243 e. The van der Waals surface area contributed by atoms with Crippen molar-refractivity contribution in [1.82, 2.24) is 4.31 Å². The van der Waals surface area contributed by atoms with Gasteiger partial charge in [-0.25, -0.2) is 8.42 Å². The molecule has 3 rings (SSSR count). The quantitative estimate of drug-likeness (QED) is 0.823. The zero-order chi connectivity index (χ0) is 14.2. The van der Waals surface area contributed by atoms with Gasteiger partial charge in [-0.1, -0.05) is 6.07 Å². The second-order valence-corrected chi connectivity index (χ2v) is 6.97. The summed E-state index contributed by atoms with van der Waals surface area (Å²) in [6.45, 7) is 1.51. The highest BCUT2D eigenvalue weighted by molar-refractivity contribution is 7.89. The lowest BCUT2D eigenvalue weighted by Gasteiger charge is -2.31. The van der Waals surface area contributed by atoms with Gasteiger partial charge in [-0.05, 0) is 24.1 Å². The Labute approximate surface area is 118 Å². The molecule has 2 aliphatic rings. The summed E-state index contributed by atoms with van der Waals surface area (Å²) in [5.41, 5.74) is 2.05. The smallest absolute Gasteiger partial charge is 0.243 e. The maximum absolute atomic E-state index is 12.6. The molecule has 0 bridgehead atoms.